The van der Waals surface area contributed by atoms with Crippen molar-refractivity contribution in [3.8, 4) is 6.07 Å². The molecule has 2 N–H and O–H groups in total. The van der Waals surface area contributed by atoms with E-state index in [0.717, 1.165) is 48.5 Å². The summed E-state index contributed by atoms with van der Waals surface area (Å²) in [7, 11) is 0. The maximum absolute atomic E-state index is 12.6. The van der Waals surface area contributed by atoms with E-state index in [-0.39, 0.29) is 5.57 Å². The highest BCUT2D eigenvalue weighted by molar-refractivity contribution is 6.10. The molecule has 0 aliphatic carbocycles. The summed E-state index contributed by atoms with van der Waals surface area (Å²) in [5, 5.41) is 13.2. The maximum Gasteiger partial charge on any atom is 0.266 e. The average molecular weight is 372 g/mol. The van der Waals surface area contributed by atoms with Gasteiger partial charge in [0.2, 0.25) is 0 Å². The zero-order valence-electron chi connectivity index (χ0n) is 15.3. The molecule has 0 unspecified atom stereocenters. The van der Waals surface area contributed by atoms with E-state index in [2.05, 4.69) is 15.2 Å². The molecule has 1 aliphatic heterocycles. The molecule has 3 aromatic rings. The second-order valence-corrected chi connectivity index (χ2v) is 6.56. The van der Waals surface area contributed by atoms with Crippen molar-refractivity contribution < 1.29 is 9.53 Å². The first-order chi connectivity index (χ1) is 13.7. The fourth-order valence-electron chi connectivity index (χ4n) is 3.29. The van der Waals surface area contributed by atoms with Gasteiger partial charge in [-0.25, -0.2) is 0 Å². The summed E-state index contributed by atoms with van der Waals surface area (Å²) in [6.07, 6.45) is 3.41. The maximum atomic E-state index is 12.6. The molecule has 6 heteroatoms. The second kappa shape index (κ2) is 7.99. The van der Waals surface area contributed by atoms with E-state index in [0.29, 0.717) is 5.69 Å². The Kier molecular flexibility index (Phi) is 5.09. The van der Waals surface area contributed by atoms with Crippen molar-refractivity contribution in [1.82, 2.24) is 4.98 Å². The summed E-state index contributed by atoms with van der Waals surface area (Å²) in [4.78, 5) is 17.9. The number of ether oxygens (including phenoxy) is 1. The molecule has 0 saturated carbocycles. The van der Waals surface area contributed by atoms with Gasteiger partial charge in [-0.2, -0.15) is 5.26 Å². The Morgan fingerprint density at radius 1 is 1.14 bits per heavy atom. The van der Waals surface area contributed by atoms with E-state index in [1.54, 1.807) is 12.3 Å². The van der Waals surface area contributed by atoms with Crippen LogP contribution in [0, 0.1) is 11.3 Å². The Hall–Kier alpha value is -3.56. The van der Waals surface area contributed by atoms with Gasteiger partial charge in [0.15, 0.2) is 0 Å². The third-order valence-corrected chi connectivity index (χ3v) is 4.79. The van der Waals surface area contributed by atoms with Gasteiger partial charge in [0.25, 0.3) is 5.91 Å². The molecule has 0 bridgehead atoms. The lowest BCUT2D eigenvalue weighted by molar-refractivity contribution is -0.112. The van der Waals surface area contributed by atoms with Crippen molar-refractivity contribution in [3.63, 3.8) is 0 Å². The van der Waals surface area contributed by atoms with Crippen LogP contribution in [0.2, 0.25) is 0 Å². The first kappa shape index (κ1) is 17.8. The van der Waals surface area contributed by atoms with Crippen molar-refractivity contribution in [2.75, 3.05) is 36.5 Å². The molecular formula is C22H20N4O2. The van der Waals surface area contributed by atoms with Crippen molar-refractivity contribution in [3.05, 3.63) is 65.9 Å². The minimum atomic E-state index is -0.424. The van der Waals surface area contributed by atoms with E-state index in [1.165, 1.54) is 0 Å². The average Bonchev–Trinajstić information content (AvgIpc) is 3.16. The number of nitrogens with zero attached hydrogens (tertiary/aromatic N) is 2. The highest BCUT2D eigenvalue weighted by Crippen LogP contribution is 2.22. The number of morpholine rings is 1. The lowest BCUT2D eigenvalue weighted by Crippen LogP contribution is -2.36. The first-order valence-electron chi connectivity index (χ1n) is 9.16. The molecule has 0 radical (unpaired) electrons. The summed E-state index contributed by atoms with van der Waals surface area (Å²) in [6, 6.07) is 17.4. The molecule has 0 atom stereocenters. The molecule has 2 heterocycles. The summed E-state index contributed by atoms with van der Waals surface area (Å²) in [5.74, 6) is -0.424. The van der Waals surface area contributed by atoms with Gasteiger partial charge < -0.3 is 19.9 Å². The molecule has 2 aromatic carbocycles. The Labute approximate surface area is 163 Å². The van der Waals surface area contributed by atoms with Gasteiger partial charge in [0, 0.05) is 47.1 Å². The summed E-state index contributed by atoms with van der Waals surface area (Å²) >= 11 is 0. The molecule has 1 aliphatic rings. The van der Waals surface area contributed by atoms with Crippen molar-refractivity contribution in [2.45, 2.75) is 0 Å². The van der Waals surface area contributed by atoms with Crippen LogP contribution in [0.15, 0.2) is 60.3 Å². The van der Waals surface area contributed by atoms with E-state index in [9.17, 15) is 10.1 Å². The van der Waals surface area contributed by atoms with Crippen molar-refractivity contribution in [1.29, 1.82) is 5.26 Å². The molecule has 1 amide bonds. The van der Waals surface area contributed by atoms with E-state index < -0.39 is 5.91 Å². The van der Waals surface area contributed by atoms with Crippen LogP contribution in [0.5, 0.6) is 0 Å². The number of aromatic nitrogens is 1. The Balaban J connectivity index is 1.49. The number of nitrogens with one attached hydrogen (secondary N) is 2. The molecule has 4 rings (SSSR count). The Morgan fingerprint density at radius 2 is 1.89 bits per heavy atom. The van der Waals surface area contributed by atoms with Gasteiger partial charge in [-0.15, -0.1) is 0 Å². The van der Waals surface area contributed by atoms with E-state index >= 15 is 0 Å². The van der Waals surface area contributed by atoms with Gasteiger partial charge in [-0.05, 0) is 36.4 Å². The van der Waals surface area contributed by atoms with Gasteiger partial charge in [-0.1, -0.05) is 18.2 Å². The number of hydrogen-bond donors (Lipinski definition) is 2. The first-order valence-corrected chi connectivity index (χ1v) is 9.16. The topological polar surface area (TPSA) is 81.1 Å². The lowest BCUT2D eigenvalue weighted by Gasteiger charge is -2.28. The van der Waals surface area contributed by atoms with Crippen LogP contribution in [0.3, 0.4) is 0 Å². The number of nitriles is 1. The van der Waals surface area contributed by atoms with Gasteiger partial charge in [0.05, 0.1) is 13.2 Å². The second-order valence-electron chi connectivity index (χ2n) is 6.56. The van der Waals surface area contributed by atoms with Gasteiger partial charge in [0.1, 0.15) is 11.6 Å². The lowest BCUT2D eigenvalue weighted by atomic mass is 10.1. The number of rotatable bonds is 4. The van der Waals surface area contributed by atoms with Crippen molar-refractivity contribution >= 4 is 34.3 Å². The van der Waals surface area contributed by atoms with Crippen LogP contribution in [0.1, 0.15) is 5.56 Å². The minimum absolute atomic E-state index is 0.0574. The number of hydrogen-bond acceptors (Lipinski definition) is 4. The highest BCUT2D eigenvalue weighted by Gasteiger charge is 2.13. The van der Waals surface area contributed by atoms with Crippen LogP contribution in [-0.2, 0) is 9.53 Å². The third kappa shape index (κ3) is 3.75. The third-order valence-electron chi connectivity index (χ3n) is 4.79. The number of benzene rings is 2. The predicted molar refractivity (Wildman–Crippen MR) is 110 cm³/mol. The van der Waals surface area contributed by atoms with E-state index in [1.807, 2.05) is 54.6 Å². The van der Waals surface area contributed by atoms with Crippen LogP contribution in [0.4, 0.5) is 11.4 Å². The number of para-hydroxylation sites is 1. The number of H-pyrrole nitrogens is 1. The number of carbonyl (C=O) groups excluding carboxylic acids is 1. The monoisotopic (exact) mass is 372 g/mol. The minimum Gasteiger partial charge on any atom is -0.378 e. The molecule has 6 nitrogen and oxygen atoms in total. The largest absolute Gasteiger partial charge is 0.378 e. The van der Waals surface area contributed by atoms with Gasteiger partial charge in [-0.3, -0.25) is 4.79 Å². The Morgan fingerprint density at radius 3 is 2.64 bits per heavy atom. The van der Waals surface area contributed by atoms with Gasteiger partial charge >= 0.3 is 0 Å². The fraction of sp³-hybridized carbons (Fsp3) is 0.182. The number of fused-ring (bicyclic) bond motifs is 1. The zero-order valence-corrected chi connectivity index (χ0v) is 15.3. The molecular weight excluding hydrogens is 352 g/mol. The zero-order chi connectivity index (χ0) is 19.3. The van der Waals surface area contributed by atoms with Crippen LogP contribution < -0.4 is 10.2 Å². The fourth-order valence-corrected chi connectivity index (χ4v) is 3.29. The number of anilines is 2. The summed E-state index contributed by atoms with van der Waals surface area (Å²) in [5.41, 5.74) is 3.58. The molecule has 140 valence electrons. The summed E-state index contributed by atoms with van der Waals surface area (Å²) < 4.78 is 5.37. The van der Waals surface area contributed by atoms with Crippen LogP contribution >= 0.6 is 0 Å². The SMILES string of the molecule is N#C/C(=C\c1c[nH]c2ccccc12)C(=O)Nc1ccc(N2CCOCC2)cc1. The smallest absolute Gasteiger partial charge is 0.266 e. The standard InChI is InChI=1S/C22H20N4O2/c23-14-16(13-17-15-24-21-4-2-1-3-20(17)21)22(27)25-18-5-7-19(8-6-18)26-9-11-28-12-10-26/h1-8,13,15,24H,9-12H2,(H,25,27)/b16-13+. The number of amides is 1. The van der Waals surface area contributed by atoms with Crippen molar-refractivity contribution in [2.24, 2.45) is 0 Å². The van der Waals surface area contributed by atoms with Crippen LogP contribution in [-0.4, -0.2) is 37.2 Å². The molecule has 1 saturated heterocycles. The number of carbonyl (C=O) groups is 1. The molecule has 28 heavy (non-hydrogen) atoms. The molecule has 1 fully saturated rings. The summed E-state index contributed by atoms with van der Waals surface area (Å²) in [6.45, 7) is 3.17. The number of aromatic amines is 1. The highest BCUT2D eigenvalue weighted by atomic mass is 16.5. The molecule has 0 spiro atoms. The molecule has 1 aromatic heterocycles. The predicted octanol–water partition coefficient (Wildman–Crippen LogP) is 3.55. The van der Waals surface area contributed by atoms with Crippen LogP contribution in [0.25, 0.3) is 17.0 Å². The Bertz CT molecular complexity index is 1050. The normalized spacial score (nSPS) is 14.7. The quantitative estimate of drug-likeness (QED) is 0.542. The van der Waals surface area contributed by atoms with E-state index in [4.69, 9.17) is 4.74 Å².